The van der Waals surface area contributed by atoms with Crippen LogP contribution in [0.3, 0.4) is 0 Å². The van der Waals surface area contributed by atoms with Crippen LogP contribution in [-0.2, 0) is 4.79 Å². The summed E-state index contributed by atoms with van der Waals surface area (Å²) in [6.45, 7) is 1.19. The smallest absolute Gasteiger partial charge is 0.246 e. The van der Waals surface area contributed by atoms with E-state index in [0.29, 0.717) is 6.04 Å². The Bertz CT molecular complexity index is 610. The van der Waals surface area contributed by atoms with Gasteiger partial charge in [-0.05, 0) is 49.0 Å². The zero-order valence-electron chi connectivity index (χ0n) is 12.7. The molecule has 0 bridgehead atoms. The van der Waals surface area contributed by atoms with Gasteiger partial charge < -0.3 is 14.4 Å². The molecule has 4 rings (SSSR count). The van der Waals surface area contributed by atoms with Gasteiger partial charge in [0.1, 0.15) is 0 Å². The van der Waals surface area contributed by atoms with E-state index in [4.69, 9.17) is 9.47 Å². The van der Waals surface area contributed by atoms with Gasteiger partial charge in [0.15, 0.2) is 11.5 Å². The first-order valence-corrected chi connectivity index (χ1v) is 8.19. The van der Waals surface area contributed by atoms with E-state index in [9.17, 15) is 4.79 Å². The third-order valence-corrected chi connectivity index (χ3v) is 5.11. The number of carbonyl (C=O) groups is 1. The fourth-order valence-electron chi connectivity index (χ4n) is 3.96. The zero-order chi connectivity index (χ0) is 14.9. The van der Waals surface area contributed by atoms with Gasteiger partial charge >= 0.3 is 0 Å². The number of nitrogens with zero attached hydrogens (tertiary/aromatic N) is 1. The van der Waals surface area contributed by atoms with Crippen LogP contribution in [0.4, 0.5) is 0 Å². The molecule has 1 amide bonds. The van der Waals surface area contributed by atoms with Gasteiger partial charge in [0.05, 0.1) is 0 Å². The largest absolute Gasteiger partial charge is 0.454 e. The molecule has 1 aromatic carbocycles. The highest BCUT2D eigenvalue weighted by atomic mass is 16.7. The molecule has 2 fully saturated rings. The predicted molar refractivity (Wildman–Crippen MR) is 83.7 cm³/mol. The van der Waals surface area contributed by atoms with Crippen LogP contribution < -0.4 is 9.47 Å². The standard InChI is InChI=1S/C18H21NO3/c20-18(19-10-9-14-3-1-2-4-15(14)19)8-6-13-5-7-16-17(11-13)22-12-21-16/h5-8,11,14-15H,1-4,9-10,12H2/b8-6+. The van der Waals surface area contributed by atoms with E-state index in [0.717, 1.165) is 29.5 Å². The lowest BCUT2D eigenvalue weighted by atomic mass is 9.85. The van der Waals surface area contributed by atoms with Gasteiger partial charge in [-0.1, -0.05) is 18.9 Å². The summed E-state index contributed by atoms with van der Waals surface area (Å²) >= 11 is 0. The van der Waals surface area contributed by atoms with Crippen LogP contribution >= 0.6 is 0 Å². The molecule has 1 saturated carbocycles. The fourth-order valence-corrected chi connectivity index (χ4v) is 3.96. The second-order valence-electron chi connectivity index (χ2n) is 6.38. The minimum atomic E-state index is 0.145. The molecule has 3 aliphatic rings. The maximum atomic E-state index is 12.5. The molecule has 2 aliphatic heterocycles. The van der Waals surface area contributed by atoms with E-state index in [1.165, 1.54) is 32.1 Å². The molecule has 1 aliphatic carbocycles. The van der Waals surface area contributed by atoms with Gasteiger partial charge in [-0.3, -0.25) is 4.79 Å². The highest BCUT2D eigenvalue weighted by molar-refractivity contribution is 5.92. The number of ether oxygens (including phenoxy) is 2. The maximum Gasteiger partial charge on any atom is 0.246 e. The fraction of sp³-hybridized carbons (Fsp3) is 0.500. The lowest BCUT2D eigenvalue weighted by Crippen LogP contribution is -2.38. The Morgan fingerprint density at radius 3 is 2.95 bits per heavy atom. The Balaban J connectivity index is 1.45. The molecule has 22 heavy (non-hydrogen) atoms. The van der Waals surface area contributed by atoms with Crippen LogP contribution in [0.15, 0.2) is 24.3 Å². The second-order valence-corrected chi connectivity index (χ2v) is 6.38. The van der Waals surface area contributed by atoms with Crippen molar-refractivity contribution in [2.24, 2.45) is 5.92 Å². The quantitative estimate of drug-likeness (QED) is 0.787. The Morgan fingerprint density at radius 2 is 2.00 bits per heavy atom. The predicted octanol–water partition coefficient (Wildman–Crippen LogP) is 3.22. The second kappa shape index (κ2) is 5.67. The van der Waals surface area contributed by atoms with Gasteiger partial charge in [0, 0.05) is 18.7 Å². The zero-order valence-corrected chi connectivity index (χ0v) is 12.7. The number of amides is 1. The minimum absolute atomic E-state index is 0.145. The summed E-state index contributed by atoms with van der Waals surface area (Å²) in [7, 11) is 0. The van der Waals surface area contributed by atoms with Gasteiger partial charge in [-0.15, -0.1) is 0 Å². The van der Waals surface area contributed by atoms with Crippen LogP contribution in [-0.4, -0.2) is 30.2 Å². The van der Waals surface area contributed by atoms with Crippen molar-refractivity contribution in [2.75, 3.05) is 13.3 Å². The van der Waals surface area contributed by atoms with Crippen molar-refractivity contribution in [1.82, 2.24) is 4.90 Å². The molecule has 1 aromatic rings. The van der Waals surface area contributed by atoms with E-state index >= 15 is 0 Å². The minimum Gasteiger partial charge on any atom is -0.454 e. The molecule has 0 aromatic heterocycles. The van der Waals surface area contributed by atoms with Crippen molar-refractivity contribution in [3.05, 3.63) is 29.8 Å². The Kier molecular flexibility index (Phi) is 3.53. The summed E-state index contributed by atoms with van der Waals surface area (Å²) < 4.78 is 10.7. The number of likely N-dealkylation sites (tertiary alicyclic amines) is 1. The molecule has 0 spiro atoms. The summed E-state index contributed by atoms with van der Waals surface area (Å²) in [6, 6.07) is 6.23. The molecular weight excluding hydrogens is 278 g/mol. The van der Waals surface area contributed by atoms with Crippen LogP contribution in [0.2, 0.25) is 0 Å². The average molecular weight is 299 g/mol. The van der Waals surface area contributed by atoms with Gasteiger partial charge in [-0.25, -0.2) is 0 Å². The Morgan fingerprint density at radius 1 is 1.14 bits per heavy atom. The summed E-state index contributed by atoms with van der Waals surface area (Å²) in [5.41, 5.74) is 0.969. The lowest BCUT2D eigenvalue weighted by Gasteiger charge is -2.31. The molecule has 2 atom stereocenters. The maximum absolute atomic E-state index is 12.5. The Labute approximate surface area is 130 Å². The third kappa shape index (κ3) is 2.47. The van der Waals surface area contributed by atoms with Crippen molar-refractivity contribution >= 4 is 12.0 Å². The topological polar surface area (TPSA) is 38.8 Å². The van der Waals surface area contributed by atoms with E-state index in [2.05, 4.69) is 4.90 Å². The van der Waals surface area contributed by atoms with Crippen molar-refractivity contribution in [3.63, 3.8) is 0 Å². The van der Waals surface area contributed by atoms with Gasteiger partial charge in [-0.2, -0.15) is 0 Å². The van der Waals surface area contributed by atoms with Crippen molar-refractivity contribution < 1.29 is 14.3 Å². The first-order valence-electron chi connectivity index (χ1n) is 8.19. The van der Waals surface area contributed by atoms with Crippen LogP contribution in [0, 0.1) is 5.92 Å². The van der Waals surface area contributed by atoms with E-state index in [1.807, 2.05) is 24.3 Å². The molecule has 1 saturated heterocycles. The van der Waals surface area contributed by atoms with E-state index in [-0.39, 0.29) is 12.7 Å². The monoisotopic (exact) mass is 299 g/mol. The van der Waals surface area contributed by atoms with Crippen LogP contribution in [0.25, 0.3) is 6.08 Å². The summed E-state index contributed by atoms with van der Waals surface area (Å²) in [5, 5.41) is 0. The summed E-state index contributed by atoms with van der Waals surface area (Å²) in [5.74, 6) is 2.40. The number of hydrogen-bond acceptors (Lipinski definition) is 3. The summed E-state index contributed by atoms with van der Waals surface area (Å²) in [4.78, 5) is 14.6. The lowest BCUT2D eigenvalue weighted by molar-refractivity contribution is -0.127. The normalized spacial score (nSPS) is 26.5. The highest BCUT2D eigenvalue weighted by Crippen LogP contribution is 2.36. The molecule has 4 nitrogen and oxygen atoms in total. The number of carbonyl (C=O) groups excluding carboxylic acids is 1. The average Bonchev–Trinajstić information content (AvgIpc) is 3.18. The number of benzene rings is 1. The Hall–Kier alpha value is -1.97. The number of fused-ring (bicyclic) bond motifs is 2. The molecule has 0 N–H and O–H groups in total. The SMILES string of the molecule is O=C(/C=C/c1ccc2c(c1)OCO2)N1CCC2CCCCC21. The van der Waals surface area contributed by atoms with Gasteiger partial charge in [0.2, 0.25) is 12.7 Å². The van der Waals surface area contributed by atoms with Crippen LogP contribution in [0.5, 0.6) is 11.5 Å². The first kappa shape index (κ1) is 13.7. The van der Waals surface area contributed by atoms with Crippen LogP contribution in [0.1, 0.15) is 37.7 Å². The molecule has 0 radical (unpaired) electrons. The van der Waals surface area contributed by atoms with Crippen molar-refractivity contribution in [3.8, 4) is 11.5 Å². The molecule has 116 valence electrons. The van der Waals surface area contributed by atoms with E-state index < -0.39 is 0 Å². The number of hydrogen-bond donors (Lipinski definition) is 0. The molecular formula is C18H21NO3. The highest BCUT2D eigenvalue weighted by Gasteiger charge is 2.37. The molecule has 4 heteroatoms. The summed E-state index contributed by atoms with van der Waals surface area (Å²) in [6.07, 6.45) is 9.81. The molecule has 2 heterocycles. The van der Waals surface area contributed by atoms with E-state index in [1.54, 1.807) is 6.08 Å². The van der Waals surface area contributed by atoms with Crippen molar-refractivity contribution in [1.29, 1.82) is 0 Å². The van der Waals surface area contributed by atoms with Crippen molar-refractivity contribution in [2.45, 2.75) is 38.1 Å². The number of rotatable bonds is 2. The first-order chi connectivity index (χ1) is 10.8. The van der Waals surface area contributed by atoms with Gasteiger partial charge in [0.25, 0.3) is 0 Å². The molecule has 2 unspecified atom stereocenters. The third-order valence-electron chi connectivity index (χ3n) is 5.11.